The first-order valence-corrected chi connectivity index (χ1v) is 10.1. The fourth-order valence-electron chi connectivity index (χ4n) is 3.64. The molecule has 5 nitrogen and oxygen atoms in total. The first-order valence-electron chi connectivity index (χ1n) is 10.1. The molecule has 30 heavy (non-hydrogen) atoms. The molecule has 0 spiro atoms. The number of aromatic nitrogens is 1. The van der Waals surface area contributed by atoms with Gasteiger partial charge in [-0.3, -0.25) is 9.78 Å². The number of piperidine rings is 1. The van der Waals surface area contributed by atoms with E-state index in [-0.39, 0.29) is 17.6 Å². The van der Waals surface area contributed by atoms with E-state index in [1.165, 1.54) is 12.1 Å². The van der Waals surface area contributed by atoms with Crippen molar-refractivity contribution in [2.24, 2.45) is 5.92 Å². The first-order chi connectivity index (χ1) is 14.7. The van der Waals surface area contributed by atoms with Gasteiger partial charge in [-0.25, -0.2) is 4.39 Å². The van der Waals surface area contributed by atoms with Crippen molar-refractivity contribution in [1.82, 2.24) is 4.98 Å². The number of halogens is 1. The van der Waals surface area contributed by atoms with Crippen LogP contribution in [0.25, 0.3) is 0 Å². The third-order valence-corrected chi connectivity index (χ3v) is 5.31. The summed E-state index contributed by atoms with van der Waals surface area (Å²) in [6, 6.07) is 17.5. The number of hydrogen-bond acceptors (Lipinski definition) is 4. The summed E-state index contributed by atoms with van der Waals surface area (Å²) in [4.78, 5) is 19.1. The van der Waals surface area contributed by atoms with Crippen LogP contribution in [0.1, 0.15) is 18.4 Å². The lowest BCUT2D eigenvalue weighted by atomic mass is 9.95. The molecule has 0 saturated carbocycles. The summed E-state index contributed by atoms with van der Waals surface area (Å²) in [6.07, 6.45) is 5.23. The molecule has 2 aromatic carbocycles. The molecule has 1 aliphatic rings. The van der Waals surface area contributed by atoms with E-state index in [9.17, 15) is 9.18 Å². The number of pyridine rings is 1. The van der Waals surface area contributed by atoms with Crippen molar-refractivity contribution in [3.63, 3.8) is 0 Å². The summed E-state index contributed by atoms with van der Waals surface area (Å²) in [5.74, 6) is 0.369. The molecule has 1 aliphatic heterocycles. The molecular formula is C24H24FN3O2. The van der Waals surface area contributed by atoms with E-state index < -0.39 is 0 Å². The highest BCUT2D eigenvalue weighted by Crippen LogP contribution is 2.24. The lowest BCUT2D eigenvalue weighted by Crippen LogP contribution is -2.38. The summed E-state index contributed by atoms with van der Waals surface area (Å²) in [5, 5.41) is 3.04. The number of nitrogens with one attached hydrogen (secondary N) is 1. The van der Waals surface area contributed by atoms with Crippen LogP contribution in [0.15, 0.2) is 73.1 Å². The number of ether oxygens (including phenoxy) is 1. The summed E-state index contributed by atoms with van der Waals surface area (Å²) >= 11 is 0. The Morgan fingerprint density at radius 1 is 1.07 bits per heavy atom. The van der Waals surface area contributed by atoms with Gasteiger partial charge in [0.2, 0.25) is 5.91 Å². The summed E-state index contributed by atoms with van der Waals surface area (Å²) in [7, 11) is 0. The second-order valence-electron chi connectivity index (χ2n) is 7.40. The van der Waals surface area contributed by atoms with Gasteiger partial charge in [-0.1, -0.05) is 12.1 Å². The smallest absolute Gasteiger partial charge is 0.227 e. The minimum atomic E-state index is -0.293. The normalized spacial score (nSPS) is 14.4. The average Bonchev–Trinajstić information content (AvgIpc) is 2.80. The van der Waals surface area contributed by atoms with Gasteiger partial charge in [0.25, 0.3) is 0 Å². The van der Waals surface area contributed by atoms with Gasteiger partial charge >= 0.3 is 0 Å². The Morgan fingerprint density at radius 3 is 2.53 bits per heavy atom. The number of carbonyl (C=O) groups excluding carboxylic acids is 1. The maximum atomic E-state index is 13.0. The largest absolute Gasteiger partial charge is 0.489 e. The Balaban J connectivity index is 1.29. The van der Waals surface area contributed by atoms with E-state index in [0.29, 0.717) is 12.4 Å². The zero-order valence-electron chi connectivity index (χ0n) is 16.6. The van der Waals surface area contributed by atoms with E-state index in [1.54, 1.807) is 24.5 Å². The maximum absolute atomic E-state index is 13.0. The molecule has 3 aromatic rings. The third-order valence-electron chi connectivity index (χ3n) is 5.31. The first kappa shape index (κ1) is 19.9. The number of benzene rings is 2. The Bertz CT molecular complexity index is 971. The SMILES string of the molecule is O=C(Nc1cccc(COc2ccc(F)cc2)c1)C1CCN(c2ccncc2)CC1. The molecule has 0 atom stereocenters. The van der Waals surface area contributed by atoms with E-state index >= 15 is 0 Å². The predicted octanol–water partition coefficient (Wildman–Crippen LogP) is 4.65. The highest BCUT2D eigenvalue weighted by molar-refractivity contribution is 5.92. The van der Waals surface area contributed by atoms with Crippen LogP contribution in [0, 0.1) is 11.7 Å². The fourth-order valence-corrected chi connectivity index (χ4v) is 3.64. The van der Waals surface area contributed by atoms with E-state index in [2.05, 4.69) is 15.2 Å². The van der Waals surface area contributed by atoms with Crippen LogP contribution in [-0.4, -0.2) is 24.0 Å². The molecule has 1 aromatic heterocycles. The minimum absolute atomic E-state index is 0.00204. The standard InChI is InChI=1S/C24H24FN3O2/c25-20-4-6-23(7-5-20)30-17-18-2-1-3-21(16-18)27-24(29)19-10-14-28(15-11-19)22-8-12-26-13-9-22/h1-9,12-13,16,19H,10-11,14-15,17H2,(H,27,29). The molecule has 0 unspecified atom stereocenters. The van der Waals surface area contributed by atoms with Crippen LogP contribution in [0.2, 0.25) is 0 Å². The molecule has 1 saturated heterocycles. The van der Waals surface area contributed by atoms with Crippen molar-refractivity contribution in [2.75, 3.05) is 23.3 Å². The highest BCUT2D eigenvalue weighted by atomic mass is 19.1. The second-order valence-corrected chi connectivity index (χ2v) is 7.40. The molecule has 1 amide bonds. The highest BCUT2D eigenvalue weighted by Gasteiger charge is 2.25. The van der Waals surface area contributed by atoms with E-state index in [0.717, 1.165) is 42.9 Å². The molecule has 2 heterocycles. The third kappa shape index (κ3) is 5.14. The Morgan fingerprint density at radius 2 is 1.80 bits per heavy atom. The van der Waals surface area contributed by atoms with Gasteiger partial charge in [-0.05, 0) is 66.9 Å². The van der Waals surface area contributed by atoms with E-state index in [4.69, 9.17) is 4.74 Å². The molecule has 1 N–H and O–H groups in total. The number of anilines is 2. The van der Waals surface area contributed by atoms with Gasteiger partial charge in [0.15, 0.2) is 0 Å². The minimum Gasteiger partial charge on any atom is -0.489 e. The number of nitrogens with zero attached hydrogens (tertiary/aromatic N) is 2. The van der Waals surface area contributed by atoms with Crippen molar-refractivity contribution in [1.29, 1.82) is 0 Å². The zero-order chi connectivity index (χ0) is 20.8. The molecular weight excluding hydrogens is 381 g/mol. The van der Waals surface area contributed by atoms with Gasteiger partial charge in [0.05, 0.1) is 0 Å². The van der Waals surface area contributed by atoms with Crippen LogP contribution in [0.3, 0.4) is 0 Å². The number of rotatable bonds is 6. The molecule has 154 valence electrons. The molecule has 0 radical (unpaired) electrons. The summed E-state index contributed by atoms with van der Waals surface area (Å²) in [5.41, 5.74) is 2.85. The monoisotopic (exact) mass is 405 g/mol. The van der Waals surface area contributed by atoms with E-state index in [1.807, 2.05) is 36.4 Å². The van der Waals surface area contributed by atoms with Crippen LogP contribution in [0.5, 0.6) is 5.75 Å². The fraction of sp³-hybridized carbons (Fsp3) is 0.250. The lowest BCUT2D eigenvalue weighted by molar-refractivity contribution is -0.120. The van der Waals surface area contributed by atoms with Gasteiger partial charge in [-0.15, -0.1) is 0 Å². The van der Waals surface area contributed by atoms with Gasteiger partial charge in [-0.2, -0.15) is 0 Å². The van der Waals surface area contributed by atoms with Gasteiger partial charge in [0.1, 0.15) is 18.2 Å². The van der Waals surface area contributed by atoms with Crippen LogP contribution < -0.4 is 15.0 Å². The summed E-state index contributed by atoms with van der Waals surface area (Å²) in [6.45, 7) is 2.06. The zero-order valence-corrected chi connectivity index (χ0v) is 16.6. The summed E-state index contributed by atoms with van der Waals surface area (Å²) < 4.78 is 18.7. The Kier molecular flexibility index (Phi) is 6.23. The topological polar surface area (TPSA) is 54.5 Å². The van der Waals surface area contributed by atoms with Gasteiger partial charge in [0, 0.05) is 42.8 Å². The lowest BCUT2D eigenvalue weighted by Gasteiger charge is -2.32. The van der Waals surface area contributed by atoms with Crippen LogP contribution in [0.4, 0.5) is 15.8 Å². The van der Waals surface area contributed by atoms with Crippen LogP contribution >= 0.6 is 0 Å². The Labute approximate surface area is 175 Å². The van der Waals surface area contributed by atoms with Crippen molar-refractivity contribution < 1.29 is 13.9 Å². The second kappa shape index (κ2) is 9.39. The number of hydrogen-bond donors (Lipinski definition) is 1. The molecule has 0 aliphatic carbocycles. The van der Waals surface area contributed by atoms with Crippen LogP contribution in [-0.2, 0) is 11.4 Å². The Hall–Kier alpha value is -3.41. The number of carbonyl (C=O) groups is 1. The predicted molar refractivity (Wildman–Crippen MR) is 115 cm³/mol. The quantitative estimate of drug-likeness (QED) is 0.648. The molecule has 0 bridgehead atoms. The van der Waals surface area contributed by atoms with Crippen molar-refractivity contribution in [3.8, 4) is 5.75 Å². The molecule has 4 rings (SSSR count). The van der Waals surface area contributed by atoms with Crippen molar-refractivity contribution in [2.45, 2.75) is 19.4 Å². The molecule has 1 fully saturated rings. The number of amides is 1. The van der Waals surface area contributed by atoms with Crippen molar-refractivity contribution >= 4 is 17.3 Å². The molecule has 6 heteroatoms. The van der Waals surface area contributed by atoms with Gasteiger partial charge < -0.3 is 15.0 Å². The maximum Gasteiger partial charge on any atom is 0.227 e. The van der Waals surface area contributed by atoms with Crippen molar-refractivity contribution in [3.05, 3.63) is 84.4 Å². The average molecular weight is 405 g/mol.